The van der Waals surface area contributed by atoms with Gasteiger partial charge in [-0.2, -0.15) is 13.2 Å². The molecule has 0 fully saturated rings. The number of halogens is 3. The molecule has 3 aromatic rings. The lowest BCUT2D eigenvalue weighted by Gasteiger charge is -2.23. The van der Waals surface area contributed by atoms with E-state index in [-0.39, 0.29) is 34.9 Å². The van der Waals surface area contributed by atoms with Gasteiger partial charge in [0.15, 0.2) is 0 Å². The van der Waals surface area contributed by atoms with Gasteiger partial charge in [-0.15, -0.1) is 15.0 Å². The van der Waals surface area contributed by atoms with Crippen molar-refractivity contribution in [3.05, 3.63) is 47.0 Å². The highest BCUT2D eigenvalue weighted by Gasteiger charge is 2.31. The van der Waals surface area contributed by atoms with Crippen LogP contribution in [0.5, 0.6) is 5.75 Å². The van der Waals surface area contributed by atoms with Gasteiger partial charge >= 0.3 is 12.1 Å². The molecular weight excluding hydrogens is 483 g/mol. The van der Waals surface area contributed by atoms with E-state index in [4.69, 9.17) is 4.74 Å². The number of unbranched alkanes of at least 4 members (excludes halogenated alkanes) is 2. The molecule has 1 N–H and O–H groups in total. The number of fused-ring (bicyclic) bond motifs is 1. The number of hydrogen-bond acceptors (Lipinski definition) is 5. The van der Waals surface area contributed by atoms with Gasteiger partial charge in [0.1, 0.15) is 22.5 Å². The Kier molecular flexibility index (Phi) is 8.87. The van der Waals surface area contributed by atoms with Gasteiger partial charge < -0.3 is 9.84 Å². The van der Waals surface area contributed by atoms with Crippen LogP contribution in [0.3, 0.4) is 0 Å². The predicted octanol–water partition coefficient (Wildman–Crippen LogP) is 7.13. The molecule has 0 unspecified atom stereocenters. The SMILES string of the molecule is CC(C)CCCCCOC(=O)CCc1cc(-n2nc3ccc(C(F)(F)F)cc3n2)c(O)c(C(C)(C)C)c1. The fraction of sp³-hybridized carbons (Fsp3) is 0.536. The first-order chi connectivity index (χ1) is 17.3. The first-order valence-electron chi connectivity index (χ1n) is 12.7. The van der Waals surface area contributed by atoms with Crippen molar-refractivity contribution in [1.29, 1.82) is 0 Å². The Morgan fingerprint density at radius 3 is 2.38 bits per heavy atom. The van der Waals surface area contributed by atoms with Crippen molar-refractivity contribution in [1.82, 2.24) is 15.0 Å². The molecule has 0 aliphatic rings. The number of aromatic hydroxyl groups is 1. The standard InChI is InChI=1S/C28H36F3N3O3/c1-18(2)9-7-6-8-14-37-25(35)13-10-19-15-21(27(3,4)5)26(36)24(16-19)34-32-22-12-11-20(28(29,30)31)17-23(22)33-34/h11-12,15-18,36H,6-10,13-14H2,1-5H3. The average Bonchev–Trinajstić information content (AvgIpc) is 3.22. The second kappa shape index (κ2) is 11.5. The third-order valence-corrected chi connectivity index (χ3v) is 6.19. The van der Waals surface area contributed by atoms with E-state index in [0.29, 0.717) is 24.5 Å². The van der Waals surface area contributed by atoms with Crippen LogP contribution < -0.4 is 0 Å². The second-order valence-corrected chi connectivity index (χ2v) is 10.9. The normalized spacial score (nSPS) is 12.5. The molecule has 0 atom stereocenters. The quantitative estimate of drug-likeness (QED) is 0.228. The summed E-state index contributed by atoms with van der Waals surface area (Å²) < 4.78 is 44.8. The summed E-state index contributed by atoms with van der Waals surface area (Å²) >= 11 is 0. The van der Waals surface area contributed by atoms with Crippen molar-refractivity contribution in [2.24, 2.45) is 5.92 Å². The zero-order valence-corrected chi connectivity index (χ0v) is 22.2. The lowest BCUT2D eigenvalue weighted by atomic mass is 9.84. The predicted molar refractivity (Wildman–Crippen MR) is 137 cm³/mol. The van der Waals surface area contributed by atoms with Crippen LogP contribution in [0, 0.1) is 5.92 Å². The maximum absolute atomic E-state index is 13.1. The number of hydrogen-bond donors (Lipinski definition) is 1. The van der Waals surface area contributed by atoms with Gasteiger partial charge in [0, 0.05) is 12.0 Å². The maximum atomic E-state index is 13.1. The molecule has 202 valence electrons. The summed E-state index contributed by atoms with van der Waals surface area (Å²) in [6, 6.07) is 6.64. The van der Waals surface area contributed by atoms with Crippen LogP contribution in [0.25, 0.3) is 16.7 Å². The summed E-state index contributed by atoms with van der Waals surface area (Å²) in [4.78, 5) is 13.4. The Labute approximate surface area is 215 Å². The lowest BCUT2D eigenvalue weighted by molar-refractivity contribution is -0.143. The topological polar surface area (TPSA) is 77.2 Å². The van der Waals surface area contributed by atoms with Crippen molar-refractivity contribution in [2.75, 3.05) is 6.61 Å². The van der Waals surface area contributed by atoms with Crippen molar-refractivity contribution in [3.63, 3.8) is 0 Å². The first-order valence-corrected chi connectivity index (χ1v) is 12.7. The van der Waals surface area contributed by atoms with Gasteiger partial charge in [0.05, 0.1) is 12.2 Å². The van der Waals surface area contributed by atoms with Gasteiger partial charge in [-0.05, 0) is 54.0 Å². The molecule has 0 saturated heterocycles. The third kappa shape index (κ3) is 7.69. The van der Waals surface area contributed by atoms with Crippen molar-refractivity contribution >= 4 is 17.0 Å². The van der Waals surface area contributed by atoms with Gasteiger partial charge in [0.2, 0.25) is 0 Å². The van der Waals surface area contributed by atoms with Crippen molar-refractivity contribution < 1.29 is 27.8 Å². The summed E-state index contributed by atoms with van der Waals surface area (Å²) in [5, 5.41) is 19.5. The van der Waals surface area contributed by atoms with E-state index in [1.807, 2.05) is 26.8 Å². The molecule has 37 heavy (non-hydrogen) atoms. The Balaban J connectivity index is 1.78. The van der Waals surface area contributed by atoms with Crippen molar-refractivity contribution in [2.45, 2.75) is 84.7 Å². The molecule has 0 amide bonds. The second-order valence-electron chi connectivity index (χ2n) is 10.9. The zero-order chi connectivity index (χ0) is 27.4. The average molecular weight is 520 g/mol. The lowest BCUT2D eigenvalue weighted by Crippen LogP contribution is -2.14. The van der Waals surface area contributed by atoms with Gasteiger partial charge in [-0.1, -0.05) is 59.9 Å². The highest BCUT2D eigenvalue weighted by molar-refractivity contribution is 5.75. The Hall–Kier alpha value is -3.10. The molecule has 9 heteroatoms. The van der Waals surface area contributed by atoms with Gasteiger partial charge in [-0.3, -0.25) is 4.79 Å². The number of alkyl halides is 3. The monoisotopic (exact) mass is 519 g/mol. The van der Waals surface area contributed by atoms with Crippen LogP contribution in [0.4, 0.5) is 13.2 Å². The molecule has 0 aliphatic heterocycles. The van der Waals surface area contributed by atoms with E-state index < -0.39 is 17.2 Å². The van der Waals surface area contributed by atoms with Crippen LogP contribution in [-0.4, -0.2) is 32.7 Å². The van der Waals surface area contributed by atoms with Gasteiger partial charge in [-0.25, -0.2) is 0 Å². The number of aryl methyl sites for hydroxylation is 1. The van der Waals surface area contributed by atoms with Crippen LogP contribution in [0.1, 0.15) is 83.4 Å². The highest BCUT2D eigenvalue weighted by Crippen LogP contribution is 2.37. The molecule has 6 nitrogen and oxygen atoms in total. The van der Waals surface area contributed by atoms with E-state index in [9.17, 15) is 23.1 Å². The molecule has 1 aromatic heterocycles. The number of esters is 1. The highest BCUT2D eigenvalue weighted by atomic mass is 19.4. The minimum atomic E-state index is -4.50. The Bertz CT molecular complexity index is 1230. The Morgan fingerprint density at radius 2 is 1.73 bits per heavy atom. The summed E-state index contributed by atoms with van der Waals surface area (Å²) in [5.41, 5.74) is 0.701. The minimum absolute atomic E-state index is 0.0587. The maximum Gasteiger partial charge on any atom is 0.416 e. The summed E-state index contributed by atoms with van der Waals surface area (Å²) in [6.45, 7) is 10.6. The number of nitrogens with zero attached hydrogens (tertiary/aromatic N) is 3. The molecule has 0 bridgehead atoms. The smallest absolute Gasteiger partial charge is 0.416 e. The van der Waals surface area contributed by atoms with Gasteiger partial charge in [0.25, 0.3) is 0 Å². The minimum Gasteiger partial charge on any atom is -0.505 e. The number of phenolic OH excluding ortho intramolecular Hbond substituents is 1. The Morgan fingerprint density at radius 1 is 1.03 bits per heavy atom. The zero-order valence-electron chi connectivity index (χ0n) is 22.2. The molecular formula is C28H36F3N3O3. The third-order valence-electron chi connectivity index (χ3n) is 6.19. The number of phenols is 1. The van der Waals surface area contributed by atoms with E-state index in [1.165, 1.54) is 6.07 Å². The number of benzene rings is 2. The largest absolute Gasteiger partial charge is 0.505 e. The van der Waals surface area contributed by atoms with Crippen LogP contribution in [-0.2, 0) is 27.5 Å². The number of carbonyl (C=O) groups excluding carboxylic acids is 1. The fourth-order valence-corrected chi connectivity index (χ4v) is 4.08. The number of rotatable bonds is 10. The molecule has 0 radical (unpaired) electrons. The molecule has 1 heterocycles. The molecule has 0 aliphatic carbocycles. The van der Waals surface area contributed by atoms with Crippen LogP contribution >= 0.6 is 0 Å². The van der Waals surface area contributed by atoms with E-state index in [1.54, 1.807) is 6.07 Å². The van der Waals surface area contributed by atoms with Crippen LogP contribution in [0.2, 0.25) is 0 Å². The molecule has 0 spiro atoms. The molecule has 2 aromatic carbocycles. The van der Waals surface area contributed by atoms with Crippen LogP contribution in [0.15, 0.2) is 30.3 Å². The fourth-order valence-electron chi connectivity index (χ4n) is 4.08. The number of aromatic nitrogens is 3. The molecule has 0 saturated carbocycles. The number of ether oxygens (including phenoxy) is 1. The van der Waals surface area contributed by atoms with Crippen molar-refractivity contribution in [3.8, 4) is 11.4 Å². The first kappa shape index (κ1) is 28.5. The van der Waals surface area contributed by atoms with E-state index in [2.05, 4.69) is 24.0 Å². The number of carbonyl (C=O) groups is 1. The summed E-state index contributed by atoms with van der Waals surface area (Å²) in [5.74, 6) is 0.318. The molecule has 3 rings (SSSR count). The summed E-state index contributed by atoms with van der Waals surface area (Å²) in [6.07, 6.45) is 0.196. The van der Waals surface area contributed by atoms with E-state index in [0.717, 1.165) is 48.2 Å². The summed E-state index contributed by atoms with van der Waals surface area (Å²) in [7, 11) is 0. The van der Waals surface area contributed by atoms with E-state index >= 15 is 0 Å².